The van der Waals surface area contributed by atoms with Gasteiger partial charge < -0.3 is 25.6 Å². The van der Waals surface area contributed by atoms with Crippen LogP contribution in [0.15, 0.2) is 29.7 Å². The number of carbonyl (C=O) groups excluding carboxylic acids is 1. The van der Waals surface area contributed by atoms with Crippen LogP contribution in [-0.2, 0) is 16.8 Å². The first-order valence-electron chi connectivity index (χ1n) is 12.8. The van der Waals surface area contributed by atoms with E-state index < -0.39 is 17.1 Å². The van der Waals surface area contributed by atoms with Crippen LogP contribution in [0.25, 0.3) is 0 Å². The van der Waals surface area contributed by atoms with Crippen LogP contribution in [0, 0.1) is 41.9 Å². The second kappa shape index (κ2) is 10.1. The molecule has 9 heteroatoms. The molecule has 200 valence electrons. The molecular weight excluding hydrogens is 482 g/mol. The number of aliphatic hydroxyl groups is 1. The van der Waals surface area contributed by atoms with Gasteiger partial charge >= 0.3 is 6.09 Å². The number of fused-ring (bicyclic) bond motifs is 1. The maximum absolute atomic E-state index is 12.0. The molecule has 0 spiro atoms. The van der Waals surface area contributed by atoms with E-state index in [0.29, 0.717) is 22.7 Å². The number of aliphatic hydroxyl groups excluding tert-OH is 1. The van der Waals surface area contributed by atoms with E-state index in [4.69, 9.17) is 15.2 Å². The predicted molar refractivity (Wildman–Crippen MR) is 142 cm³/mol. The van der Waals surface area contributed by atoms with Crippen LogP contribution in [-0.4, -0.2) is 33.0 Å². The lowest BCUT2D eigenvalue weighted by Gasteiger charge is -2.41. The number of aromatic amines is 1. The third kappa shape index (κ3) is 4.94. The number of nitrogens with two attached hydrogens (primary N) is 1. The highest BCUT2D eigenvalue weighted by atomic mass is 16.6. The Morgan fingerprint density at radius 2 is 2.08 bits per heavy atom. The van der Waals surface area contributed by atoms with E-state index in [9.17, 15) is 15.2 Å². The van der Waals surface area contributed by atoms with E-state index in [2.05, 4.69) is 33.4 Å². The van der Waals surface area contributed by atoms with Gasteiger partial charge in [-0.1, -0.05) is 31.8 Å². The normalized spacial score (nSPS) is 22.4. The predicted octanol–water partition coefficient (Wildman–Crippen LogP) is 3.89. The quantitative estimate of drug-likeness (QED) is 0.450. The van der Waals surface area contributed by atoms with E-state index in [1.54, 1.807) is 0 Å². The van der Waals surface area contributed by atoms with Crippen LogP contribution in [0.2, 0.25) is 0 Å². The van der Waals surface area contributed by atoms with Gasteiger partial charge in [0.15, 0.2) is 0 Å². The molecule has 4 rings (SSSR count). The molecule has 0 bridgehead atoms. The summed E-state index contributed by atoms with van der Waals surface area (Å²) in [4.78, 5) is 12.0. The lowest BCUT2D eigenvalue weighted by atomic mass is 9.61. The van der Waals surface area contributed by atoms with Crippen molar-refractivity contribution in [3.63, 3.8) is 0 Å². The number of aromatic nitrogens is 2. The fourth-order valence-corrected chi connectivity index (χ4v) is 5.37. The number of carbonyl (C=O) groups is 1. The monoisotopic (exact) mass is 517 g/mol. The molecule has 1 amide bonds. The maximum atomic E-state index is 12.0. The molecule has 1 aliphatic carbocycles. The molecule has 1 aliphatic heterocycles. The standard InChI is InChI=1S/C29H35N5O4/c1-16(2)29(23(14-30)25(31)37-26-24(29)17(3)33-34-26)21-10-18(9-20(11-21)15-35)7-8-19-12-22(13-19)32-27(36)38-28(4,5)6/h9-11,16,19,22,35H,12-13,15,31H2,1-6H3,(H,32,36)(H,33,34)/t19-,22+,29?. The molecule has 2 aromatic rings. The van der Waals surface area contributed by atoms with Gasteiger partial charge in [-0.15, -0.1) is 0 Å². The van der Waals surface area contributed by atoms with Crippen molar-refractivity contribution in [2.75, 3.05) is 0 Å². The number of rotatable bonds is 4. The van der Waals surface area contributed by atoms with Gasteiger partial charge in [-0.2, -0.15) is 10.4 Å². The SMILES string of the molecule is Cc1n[nH]c2c1C(c1cc(C#C[C@H]3C[C@@H](NC(=O)OC(C)(C)C)C3)cc(CO)c1)(C(C)C)C(C#N)=C(N)O2. The van der Waals surface area contributed by atoms with E-state index in [-0.39, 0.29) is 30.4 Å². The van der Waals surface area contributed by atoms with Crippen LogP contribution in [0.4, 0.5) is 4.79 Å². The van der Waals surface area contributed by atoms with Crippen LogP contribution >= 0.6 is 0 Å². The summed E-state index contributed by atoms with van der Waals surface area (Å²) in [5.41, 5.74) is 8.71. The Hall–Kier alpha value is -3.95. The minimum atomic E-state index is -0.940. The Bertz CT molecular complexity index is 1380. The van der Waals surface area contributed by atoms with Crippen molar-refractivity contribution >= 4 is 6.09 Å². The molecule has 38 heavy (non-hydrogen) atoms. The van der Waals surface area contributed by atoms with Crippen molar-refractivity contribution in [2.45, 2.75) is 78.0 Å². The number of aryl methyl sites for hydroxylation is 1. The number of alkyl carbamates (subject to hydrolysis) is 1. The van der Waals surface area contributed by atoms with Crippen LogP contribution in [0.1, 0.15) is 75.4 Å². The Labute approximate surface area is 223 Å². The lowest BCUT2D eigenvalue weighted by Crippen LogP contribution is -2.45. The second-order valence-electron chi connectivity index (χ2n) is 11.3. The zero-order valence-corrected chi connectivity index (χ0v) is 22.7. The van der Waals surface area contributed by atoms with E-state index in [0.717, 1.165) is 29.5 Å². The molecule has 9 nitrogen and oxygen atoms in total. The number of nitrogens with zero attached hydrogens (tertiary/aromatic N) is 2. The Kier molecular flexibility index (Phi) is 7.18. The summed E-state index contributed by atoms with van der Waals surface area (Å²) in [6.45, 7) is 11.2. The molecule has 1 aromatic heterocycles. The third-order valence-corrected chi connectivity index (χ3v) is 7.05. The van der Waals surface area contributed by atoms with Gasteiger partial charge in [0.1, 0.15) is 17.2 Å². The van der Waals surface area contributed by atoms with E-state index in [1.807, 2.05) is 59.7 Å². The van der Waals surface area contributed by atoms with Crippen molar-refractivity contribution < 1.29 is 19.4 Å². The van der Waals surface area contributed by atoms with Crippen LogP contribution < -0.4 is 15.8 Å². The lowest BCUT2D eigenvalue weighted by molar-refractivity contribution is 0.0467. The average Bonchev–Trinajstić information content (AvgIpc) is 3.17. The first-order valence-corrected chi connectivity index (χ1v) is 12.8. The Morgan fingerprint density at radius 1 is 1.37 bits per heavy atom. The molecule has 1 atom stereocenters. The van der Waals surface area contributed by atoms with Gasteiger partial charge in [0, 0.05) is 17.5 Å². The minimum absolute atomic E-state index is 0.0254. The fourth-order valence-electron chi connectivity index (χ4n) is 5.37. The maximum Gasteiger partial charge on any atom is 0.407 e. The van der Waals surface area contributed by atoms with Crippen LogP contribution in [0.3, 0.4) is 0 Å². The second-order valence-corrected chi connectivity index (χ2v) is 11.3. The zero-order chi connectivity index (χ0) is 27.8. The summed E-state index contributed by atoms with van der Waals surface area (Å²) in [5, 5.41) is 30.4. The minimum Gasteiger partial charge on any atom is -0.444 e. The molecule has 2 heterocycles. The number of ether oxygens (including phenoxy) is 2. The molecule has 1 aromatic carbocycles. The average molecular weight is 518 g/mol. The molecule has 0 saturated heterocycles. The molecule has 5 N–H and O–H groups in total. The first kappa shape index (κ1) is 27.1. The highest BCUT2D eigenvalue weighted by Gasteiger charge is 2.50. The van der Waals surface area contributed by atoms with Gasteiger partial charge in [0.05, 0.1) is 23.3 Å². The fraction of sp³-hybridized carbons (Fsp3) is 0.483. The molecule has 1 unspecified atom stereocenters. The summed E-state index contributed by atoms with van der Waals surface area (Å²) in [6, 6.07) is 8.01. The number of benzene rings is 1. The number of allylic oxidation sites excluding steroid dienone is 1. The molecule has 1 saturated carbocycles. The molecule has 1 fully saturated rings. The van der Waals surface area contributed by atoms with Gasteiger partial charge in [-0.05, 0) is 69.7 Å². The van der Waals surface area contributed by atoms with Gasteiger partial charge in [0.2, 0.25) is 11.8 Å². The summed E-state index contributed by atoms with van der Waals surface area (Å²) in [7, 11) is 0. The number of amides is 1. The zero-order valence-electron chi connectivity index (χ0n) is 22.7. The highest BCUT2D eigenvalue weighted by molar-refractivity contribution is 5.68. The Morgan fingerprint density at radius 3 is 2.68 bits per heavy atom. The first-order chi connectivity index (χ1) is 17.9. The molecular formula is C29H35N5O4. The van der Waals surface area contributed by atoms with Gasteiger partial charge in [0.25, 0.3) is 0 Å². The van der Waals surface area contributed by atoms with E-state index in [1.165, 1.54) is 0 Å². The number of nitriles is 1. The summed E-state index contributed by atoms with van der Waals surface area (Å²) in [6.07, 6.45) is 1.06. The smallest absolute Gasteiger partial charge is 0.407 e. The van der Waals surface area contributed by atoms with Crippen molar-refractivity contribution in [2.24, 2.45) is 17.6 Å². The van der Waals surface area contributed by atoms with Crippen molar-refractivity contribution in [1.82, 2.24) is 15.5 Å². The van der Waals surface area contributed by atoms with E-state index >= 15 is 0 Å². The largest absolute Gasteiger partial charge is 0.444 e. The van der Waals surface area contributed by atoms with Crippen LogP contribution in [0.5, 0.6) is 5.88 Å². The third-order valence-electron chi connectivity index (χ3n) is 7.05. The van der Waals surface area contributed by atoms with Crippen molar-refractivity contribution in [1.29, 1.82) is 5.26 Å². The summed E-state index contributed by atoms with van der Waals surface area (Å²) >= 11 is 0. The molecule has 2 aliphatic rings. The highest BCUT2D eigenvalue weighted by Crippen LogP contribution is 2.52. The topological polar surface area (TPSA) is 146 Å². The van der Waals surface area contributed by atoms with Gasteiger partial charge in [-0.25, -0.2) is 9.89 Å². The number of hydrogen-bond donors (Lipinski definition) is 4. The Balaban J connectivity index is 1.67. The number of H-pyrrole nitrogens is 1. The number of hydrogen-bond acceptors (Lipinski definition) is 7. The van der Waals surface area contributed by atoms with Crippen molar-refractivity contribution in [3.05, 3.63) is 57.6 Å². The number of nitrogens with one attached hydrogen (secondary N) is 2. The van der Waals surface area contributed by atoms with Crippen molar-refractivity contribution in [3.8, 4) is 23.8 Å². The van der Waals surface area contributed by atoms with Gasteiger partial charge in [-0.3, -0.25) is 0 Å². The summed E-state index contributed by atoms with van der Waals surface area (Å²) < 4.78 is 11.1. The molecule has 0 radical (unpaired) electrons. The summed E-state index contributed by atoms with van der Waals surface area (Å²) in [5.74, 6) is 7.02.